The van der Waals surface area contributed by atoms with E-state index in [9.17, 15) is 22.8 Å². The Morgan fingerprint density at radius 1 is 0.735 bits per heavy atom. The molecule has 0 radical (unpaired) electrons. The maximum atomic E-state index is 12.6. The summed E-state index contributed by atoms with van der Waals surface area (Å²) in [5, 5.41) is 8.90. The Kier molecular flexibility index (Phi) is 8.67. The highest BCUT2D eigenvalue weighted by molar-refractivity contribution is 5.95. The van der Waals surface area contributed by atoms with Gasteiger partial charge in [0, 0.05) is 24.2 Å². The number of para-hydroxylation sites is 3. The number of rotatable bonds is 10. The molecule has 3 rings (SSSR count). The molecule has 2 amide bonds. The molecule has 0 saturated carbocycles. The minimum atomic E-state index is -4.43. The molecule has 0 heterocycles. The van der Waals surface area contributed by atoms with Crippen molar-refractivity contribution in [2.75, 3.05) is 17.2 Å². The second-order valence-corrected chi connectivity index (χ2v) is 7.73. The lowest BCUT2D eigenvalue weighted by atomic mass is 10.1. The van der Waals surface area contributed by atoms with Crippen LogP contribution in [-0.2, 0) is 11.0 Å². The van der Waals surface area contributed by atoms with E-state index in [4.69, 9.17) is 0 Å². The first-order valence-electron chi connectivity index (χ1n) is 11.0. The third-order valence-electron chi connectivity index (χ3n) is 5.09. The molecule has 8 heteroatoms. The van der Waals surface area contributed by atoms with E-state index in [1.807, 2.05) is 54.6 Å². The summed E-state index contributed by atoms with van der Waals surface area (Å²) >= 11 is 0. The van der Waals surface area contributed by atoms with Crippen molar-refractivity contribution in [3.63, 3.8) is 0 Å². The highest BCUT2D eigenvalue weighted by atomic mass is 19.4. The van der Waals surface area contributed by atoms with Crippen molar-refractivity contribution in [2.45, 2.75) is 31.9 Å². The highest BCUT2D eigenvalue weighted by Gasteiger charge is 2.30. The molecule has 0 aliphatic carbocycles. The van der Waals surface area contributed by atoms with Gasteiger partial charge in [-0.25, -0.2) is 0 Å². The fraction of sp³-hybridized carbons (Fsp3) is 0.231. The fourth-order valence-electron chi connectivity index (χ4n) is 3.29. The van der Waals surface area contributed by atoms with Gasteiger partial charge in [-0.1, -0.05) is 36.8 Å². The van der Waals surface area contributed by atoms with Crippen molar-refractivity contribution in [1.82, 2.24) is 5.32 Å². The van der Waals surface area contributed by atoms with Gasteiger partial charge in [0.2, 0.25) is 5.91 Å². The van der Waals surface area contributed by atoms with Gasteiger partial charge >= 0.3 is 6.18 Å². The van der Waals surface area contributed by atoms with E-state index < -0.39 is 17.6 Å². The normalized spacial score (nSPS) is 11.0. The van der Waals surface area contributed by atoms with Gasteiger partial charge in [0.1, 0.15) is 0 Å². The van der Waals surface area contributed by atoms with Crippen LogP contribution >= 0.6 is 0 Å². The molecule has 0 aromatic heterocycles. The van der Waals surface area contributed by atoms with Gasteiger partial charge < -0.3 is 16.0 Å². The number of unbranched alkanes of at least 4 members (excludes halogenated alkanes) is 2. The molecule has 0 bridgehead atoms. The van der Waals surface area contributed by atoms with Crippen molar-refractivity contribution in [3.05, 3.63) is 90.0 Å². The second-order valence-electron chi connectivity index (χ2n) is 7.73. The molecule has 3 N–H and O–H groups in total. The van der Waals surface area contributed by atoms with Gasteiger partial charge in [-0.3, -0.25) is 9.59 Å². The third kappa shape index (κ3) is 7.65. The average Bonchev–Trinajstić information content (AvgIpc) is 2.82. The Bertz CT molecular complexity index is 1080. The van der Waals surface area contributed by atoms with Crippen LogP contribution in [0.3, 0.4) is 0 Å². The maximum Gasteiger partial charge on any atom is 0.416 e. The molecule has 0 saturated heterocycles. The topological polar surface area (TPSA) is 70.2 Å². The van der Waals surface area contributed by atoms with Gasteiger partial charge in [0.05, 0.1) is 16.9 Å². The molecule has 0 aliphatic heterocycles. The largest absolute Gasteiger partial charge is 0.416 e. The van der Waals surface area contributed by atoms with E-state index in [1.165, 1.54) is 0 Å². The standard InChI is InChI=1S/C26H26F3N3O2/c27-26(28,29)20-16-14-19(15-17-20)25(34)30-18-8-2-5-13-24(33)32-23-12-7-6-11-22(23)31-21-9-3-1-4-10-21/h1,3-4,6-7,9-12,14-17,31H,2,5,8,13,18H2,(H,30,34)(H,32,33). The number of alkyl halides is 3. The fourth-order valence-corrected chi connectivity index (χ4v) is 3.29. The SMILES string of the molecule is O=C(CCCCCNC(=O)c1ccc(C(F)(F)F)cc1)Nc1ccccc1Nc1ccccc1. The summed E-state index contributed by atoms with van der Waals surface area (Å²) in [4.78, 5) is 24.4. The number of nitrogens with one attached hydrogen (secondary N) is 3. The van der Waals surface area contributed by atoms with E-state index in [0.29, 0.717) is 31.5 Å². The first-order valence-corrected chi connectivity index (χ1v) is 11.0. The zero-order chi connectivity index (χ0) is 24.4. The van der Waals surface area contributed by atoms with Gasteiger partial charge in [0.25, 0.3) is 5.91 Å². The van der Waals surface area contributed by atoms with Crippen LogP contribution in [0.5, 0.6) is 0 Å². The minimum Gasteiger partial charge on any atom is -0.354 e. The van der Waals surface area contributed by atoms with E-state index in [0.717, 1.165) is 42.1 Å². The van der Waals surface area contributed by atoms with Crippen LogP contribution in [0.15, 0.2) is 78.9 Å². The Morgan fingerprint density at radius 2 is 1.38 bits per heavy atom. The quantitative estimate of drug-likeness (QED) is 0.302. The number of amides is 2. The van der Waals surface area contributed by atoms with Gasteiger partial charge in [0.15, 0.2) is 0 Å². The number of benzene rings is 3. The molecule has 34 heavy (non-hydrogen) atoms. The molecule has 0 spiro atoms. The molecule has 0 unspecified atom stereocenters. The van der Waals surface area contributed by atoms with E-state index in [-0.39, 0.29) is 11.5 Å². The second kappa shape index (κ2) is 11.9. The lowest BCUT2D eigenvalue weighted by Gasteiger charge is -2.13. The van der Waals surface area contributed by atoms with Crippen LogP contribution in [0.25, 0.3) is 0 Å². The Labute approximate surface area is 196 Å². The molecule has 0 aliphatic rings. The molecular formula is C26H26F3N3O2. The smallest absolute Gasteiger partial charge is 0.354 e. The van der Waals surface area contributed by atoms with Crippen LogP contribution in [0.2, 0.25) is 0 Å². The maximum absolute atomic E-state index is 12.6. The van der Waals surface area contributed by atoms with Crippen LogP contribution in [0.1, 0.15) is 41.6 Å². The van der Waals surface area contributed by atoms with Crippen molar-refractivity contribution in [1.29, 1.82) is 0 Å². The predicted octanol–water partition coefficient (Wildman–Crippen LogP) is 6.38. The molecule has 0 fully saturated rings. The average molecular weight is 470 g/mol. The first kappa shape index (κ1) is 24.8. The zero-order valence-corrected chi connectivity index (χ0v) is 18.5. The summed E-state index contributed by atoms with van der Waals surface area (Å²) in [7, 11) is 0. The lowest BCUT2D eigenvalue weighted by molar-refractivity contribution is -0.137. The number of carbonyl (C=O) groups excluding carboxylic acids is 2. The first-order chi connectivity index (χ1) is 16.3. The Hall–Kier alpha value is -3.81. The molecule has 3 aromatic carbocycles. The number of hydrogen-bond acceptors (Lipinski definition) is 3. The van der Waals surface area contributed by atoms with Crippen molar-refractivity contribution < 1.29 is 22.8 Å². The summed E-state index contributed by atoms with van der Waals surface area (Å²) in [6.07, 6.45) is -2.05. The highest BCUT2D eigenvalue weighted by Crippen LogP contribution is 2.29. The number of carbonyl (C=O) groups is 2. The van der Waals surface area contributed by atoms with Crippen molar-refractivity contribution >= 4 is 28.9 Å². The molecule has 178 valence electrons. The van der Waals surface area contributed by atoms with Crippen LogP contribution in [0, 0.1) is 0 Å². The number of anilines is 3. The molecular weight excluding hydrogens is 443 g/mol. The van der Waals surface area contributed by atoms with Gasteiger partial charge in [-0.2, -0.15) is 13.2 Å². The Morgan fingerprint density at radius 3 is 2.06 bits per heavy atom. The zero-order valence-electron chi connectivity index (χ0n) is 18.5. The Balaban J connectivity index is 1.36. The van der Waals surface area contributed by atoms with Crippen molar-refractivity contribution in [3.8, 4) is 0 Å². The minimum absolute atomic E-state index is 0.101. The third-order valence-corrected chi connectivity index (χ3v) is 5.09. The van der Waals surface area contributed by atoms with E-state index in [1.54, 1.807) is 0 Å². The predicted molar refractivity (Wildman–Crippen MR) is 127 cm³/mol. The summed E-state index contributed by atoms with van der Waals surface area (Å²) in [6, 6.07) is 21.2. The van der Waals surface area contributed by atoms with Crippen LogP contribution in [0.4, 0.5) is 30.2 Å². The number of hydrogen-bond donors (Lipinski definition) is 3. The van der Waals surface area contributed by atoms with Crippen LogP contribution < -0.4 is 16.0 Å². The molecule has 5 nitrogen and oxygen atoms in total. The van der Waals surface area contributed by atoms with Crippen molar-refractivity contribution in [2.24, 2.45) is 0 Å². The van der Waals surface area contributed by atoms with Gasteiger partial charge in [-0.15, -0.1) is 0 Å². The van der Waals surface area contributed by atoms with Crippen LogP contribution in [-0.4, -0.2) is 18.4 Å². The lowest BCUT2D eigenvalue weighted by Crippen LogP contribution is -2.24. The van der Waals surface area contributed by atoms with Gasteiger partial charge in [-0.05, 0) is 61.4 Å². The summed E-state index contributed by atoms with van der Waals surface area (Å²) in [5.41, 5.74) is 1.80. The molecule has 3 aromatic rings. The number of halogens is 3. The summed E-state index contributed by atoms with van der Waals surface area (Å²) in [6.45, 7) is 0.380. The monoisotopic (exact) mass is 469 g/mol. The summed E-state index contributed by atoms with van der Waals surface area (Å²) < 4.78 is 37.8. The van der Waals surface area contributed by atoms with E-state index >= 15 is 0 Å². The molecule has 0 atom stereocenters. The van der Waals surface area contributed by atoms with E-state index in [2.05, 4.69) is 16.0 Å². The summed E-state index contributed by atoms with van der Waals surface area (Å²) in [5.74, 6) is -0.523.